The molecule has 1 aromatic heterocycles. The minimum Gasteiger partial charge on any atom is -0.326 e. The van der Waals surface area contributed by atoms with E-state index in [2.05, 4.69) is 27.8 Å². The first-order chi connectivity index (χ1) is 10.1. The number of nitrogens with one attached hydrogen (secondary N) is 2. The van der Waals surface area contributed by atoms with Crippen molar-refractivity contribution in [1.29, 1.82) is 0 Å². The highest BCUT2D eigenvalue weighted by Gasteiger charge is 2.29. The number of rotatable bonds is 3. The Kier molecular flexibility index (Phi) is 3.70. The van der Waals surface area contributed by atoms with E-state index >= 15 is 0 Å². The van der Waals surface area contributed by atoms with E-state index < -0.39 is 0 Å². The Bertz CT molecular complexity index is 634. The predicted molar refractivity (Wildman–Crippen MR) is 80.6 cm³/mol. The van der Waals surface area contributed by atoms with Crippen molar-refractivity contribution in [3.8, 4) is 11.4 Å². The van der Waals surface area contributed by atoms with Crippen LogP contribution >= 0.6 is 0 Å². The molecule has 0 unspecified atom stereocenters. The lowest BCUT2D eigenvalue weighted by Crippen LogP contribution is -2.27. The van der Waals surface area contributed by atoms with Crippen LogP contribution in [0, 0.1) is 11.8 Å². The minimum atomic E-state index is 0.0448. The highest BCUT2D eigenvalue weighted by Crippen LogP contribution is 2.21. The molecular formula is C15H19N5O. The van der Waals surface area contributed by atoms with Crippen molar-refractivity contribution in [3.63, 3.8) is 0 Å². The predicted octanol–water partition coefficient (Wildman–Crippen LogP) is 1.28. The van der Waals surface area contributed by atoms with Gasteiger partial charge < -0.3 is 15.2 Å². The van der Waals surface area contributed by atoms with Crippen molar-refractivity contribution in [2.75, 3.05) is 18.4 Å². The molecule has 0 bridgehead atoms. The number of benzene rings is 1. The first-order valence-electron chi connectivity index (χ1n) is 7.11. The molecule has 1 fully saturated rings. The topological polar surface area (TPSA) is 71.8 Å². The van der Waals surface area contributed by atoms with Gasteiger partial charge in [0.05, 0.1) is 5.92 Å². The van der Waals surface area contributed by atoms with E-state index in [0.717, 1.165) is 30.2 Å². The summed E-state index contributed by atoms with van der Waals surface area (Å²) in [4.78, 5) is 12.2. The first-order valence-corrected chi connectivity index (χ1v) is 7.11. The van der Waals surface area contributed by atoms with E-state index in [4.69, 9.17) is 0 Å². The van der Waals surface area contributed by atoms with Crippen LogP contribution in [0.15, 0.2) is 30.6 Å². The maximum atomic E-state index is 12.2. The molecule has 0 saturated carbocycles. The molecule has 2 atom stereocenters. The zero-order valence-electron chi connectivity index (χ0n) is 12.2. The van der Waals surface area contributed by atoms with Crippen LogP contribution in [-0.2, 0) is 11.8 Å². The number of amides is 1. The van der Waals surface area contributed by atoms with Gasteiger partial charge in [0, 0.05) is 24.8 Å². The monoisotopic (exact) mass is 285 g/mol. The van der Waals surface area contributed by atoms with Crippen LogP contribution < -0.4 is 10.6 Å². The van der Waals surface area contributed by atoms with E-state index in [9.17, 15) is 4.79 Å². The summed E-state index contributed by atoms with van der Waals surface area (Å²) in [6, 6.07) is 7.68. The van der Waals surface area contributed by atoms with Crippen molar-refractivity contribution in [1.82, 2.24) is 20.1 Å². The van der Waals surface area contributed by atoms with Gasteiger partial charge in [0.2, 0.25) is 5.91 Å². The standard InChI is InChI=1S/C15H19N5O/c1-10-7-16-8-13(10)15(21)18-12-5-3-11(4-6-12)14-19-17-9-20(14)2/h3-6,9-10,13,16H,7-8H2,1-2H3,(H,18,21)/t10-,13-/m1/s1. The molecule has 1 aliphatic rings. The van der Waals surface area contributed by atoms with Crippen LogP contribution in [0.25, 0.3) is 11.4 Å². The number of aromatic nitrogens is 3. The minimum absolute atomic E-state index is 0.0448. The van der Waals surface area contributed by atoms with Crippen LogP contribution in [0.3, 0.4) is 0 Å². The van der Waals surface area contributed by atoms with E-state index in [1.54, 1.807) is 6.33 Å². The third-order valence-electron chi connectivity index (χ3n) is 3.98. The van der Waals surface area contributed by atoms with Gasteiger partial charge in [-0.3, -0.25) is 4.79 Å². The maximum absolute atomic E-state index is 12.2. The van der Waals surface area contributed by atoms with Gasteiger partial charge in [-0.1, -0.05) is 6.92 Å². The molecule has 3 rings (SSSR count). The van der Waals surface area contributed by atoms with Crippen LogP contribution in [0.1, 0.15) is 6.92 Å². The Labute approximate surface area is 123 Å². The number of carbonyl (C=O) groups excluding carboxylic acids is 1. The number of nitrogens with zero attached hydrogens (tertiary/aromatic N) is 3. The van der Waals surface area contributed by atoms with Crippen LogP contribution in [0.5, 0.6) is 0 Å². The molecule has 0 aliphatic carbocycles. The third kappa shape index (κ3) is 2.80. The van der Waals surface area contributed by atoms with Gasteiger partial charge in [0.1, 0.15) is 6.33 Å². The number of anilines is 1. The van der Waals surface area contributed by atoms with Crippen molar-refractivity contribution < 1.29 is 4.79 Å². The summed E-state index contributed by atoms with van der Waals surface area (Å²) < 4.78 is 1.86. The lowest BCUT2D eigenvalue weighted by atomic mass is 9.97. The average Bonchev–Trinajstić information content (AvgIpc) is 3.08. The summed E-state index contributed by atoms with van der Waals surface area (Å²) in [5.74, 6) is 1.31. The smallest absolute Gasteiger partial charge is 0.229 e. The van der Waals surface area contributed by atoms with Gasteiger partial charge in [0.25, 0.3) is 0 Å². The Hall–Kier alpha value is -2.21. The number of hydrogen-bond acceptors (Lipinski definition) is 4. The lowest BCUT2D eigenvalue weighted by molar-refractivity contribution is -0.120. The second-order valence-electron chi connectivity index (χ2n) is 5.57. The van der Waals surface area contributed by atoms with Gasteiger partial charge in [-0.05, 0) is 36.7 Å². The van der Waals surface area contributed by atoms with Crippen molar-refractivity contribution in [2.24, 2.45) is 18.9 Å². The molecule has 1 amide bonds. The van der Waals surface area contributed by atoms with E-state index in [1.807, 2.05) is 35.9 Å². The maximum Gasteiger partial charge on any atom is 0.229 e. The van der Waals surface area contributed by atoms with E-state index in [1.165, 1.54) is 0 Å². The summed E-state index contributed by atoms with van der Waals surface area (Å²) in [6.07, 6.45) is 1.67. The molecule has 2 aromatic rings. The molecule has 1 aromatic carbocycles. The number of carbonyl (C=O) groups is 1. The third-order valence-corrected chi connectivity index (χ3v) is 3.98. The molecule has 1 aliphatic heterocycles. The molecule has 0 radical (unpaired) electrons. The van der Waals surface area contributed by atoms with Crippen LogP contribution in [0.4, 0.5) is 5.69 Å². The molecule has 6 heteroatoms. The van der Waals surface area contributed by atoms with Crippen molar-refractivity contribution in [3.05, 3.63) is 30.6 Å². The van der Waals surface area contributed by atoms with Crippen molar-refractivity contribution in [2.45, 2.75) is 6.92 Å². The zero-order valence-corrected chi connectivity index (χ0v) is 12.2. The number of aryl methyl sites for hydroxylation is 1. The Morgan fingerprint density at radius 2 is 2.10 bits per heavy atom. The molecule has 21 heavy (non-hydrogen) atoms. The zero-order chi connectivity index (χ0) is 14.8. The molecule has 110 valence electrons. The fraction of sp³-hybridized carbons (Fsp3) is 0.400. The van der Waals surface area contributed by atoms with Gasteiger partial charge >= 0.3 is 0 Å². The van der Waals surface area contributed by atoms with E-state index in [-0.39, 0.29) is 11.8 Å². The average molecular weight is 285 g/mol. The summed E-state index contributed by atoms with van der Waals surface area (Å²) in [5, 5.41) is 14.2. The largest absolute Gasteiger partial charge is 0.326 e. The normalized spacial score (nSPS) is 21.4. The fourth-order valence-corrected chi connectivity index (χ4v) is 2.64. The first kappa shape index (κ1) is 13.8. The number of hydrogen-bond donors (Lipinski definition) is 2. The molecular weight excluding hydrogens is 266 g/mol. The van der Waals surface area contributed by atoms with E-state index in [0.29, 0.717) is 5.92 Å². The van der Waals surface area contributed by atoms with Gasteiger partial charge in [-0.2, -0.15) is 0 Å². The van der Waals surface area contributed by atoms with Gasteiger partial charge in [-0.25, -0.2) is 0 Å². The molecule has 1 saturated heterocycles. The Morgan fingerprint density at radius 3 is 2.67 bits per heavy atom. The van der Waals surface area contributed by atoms with Crippen LogP contribution in [0.2, 0.25) is 0 Å². The second-order valence-corrected chi connectivity index (χ2v) is 5.57. The molecule has 0 spiro atoms. The SMILES string of the molecule is C[C@@H]1CNC[C@H]1C(=O)Nc1ccc(-c2nncn2C)cc1. The lowest BCUT2D eigenvalue weighted by Gasteiger charge is -2.14. The molecule has 2 heterocycles. The van der Waals surface area contributed by atoms with Gasteiger partial charge in [-0.15, -0.1) is 10.2 Å². The Morgan fingerprint density at radius 1 is 1.33 bits per heavy atom. The Balaban J connectivity index is 1.70. The molecule has 6 nitrogen and oxygen atoms in total. The quantitative estimate of drug-likeness (QED) is 0.891. The summed E-state index contributed by atoms with van der Waals surface area (Å²) in [6.45, 7) is 3.76. The highest BCUT2D eigenvalue weighted by atomic mass is 16.1. The highest BCUT2D eigenvalue weighted by molar-refractivity contribution is 5.93. The summed E-state index contributed by atoms with van der Waals surface area (Å²) >= 11 is 0. The molecule has 2 N–H and O–H groups in total. The second kappa shape index (κ2) is 5.65. The summed E-state index contributed by atoms with van der Waals surface area (Å²) in [7, 11) is 1.90. The fourth-order valence-electron chi connectivity index (χ4n) is 2.64. The van der Waals surface area contributed by atoms with Crippen molar-refractivity contribution >= 4 is 11.6 Å². The summed E-state index contributed by atoms with van der Waals surface area (Å²) in [5.41, 5.74) is 1.79. The van der Waals surface area contributed by atoms with Crippen LogP contribution in [-0.4, -0.2) is 33.8 Å². The van der Waals surface area contributed by atoms with Gasteiger partial charge in [0.15, 0.2) is 5.82 Å².